The van der Waals surface area contributed by atoms with E-state index >= 15 is 0 Å². The average Bonchev–Trinajstić information content (AvgIpc) is 3.13. The number of likely N-dealkylation sites (tertiary alicyclic amines) is 1. The molecule has 1 aliphatic heterocycles. The molecule has 1 atom stereocenters. The van der Waals surface area contributed by atoms with E-state index in [4.69, 9.17) is 26.8 Å². The van der Waals surface area contributed by atoms with E-state index in [1.807, 2.05) is 6.92 Å². The van der Waals surface area contributed by atoms with Crippen molar-refractivity contribution >= 4 is 23.2 Å². The lowest BCUT2D eigenvalue weighted by Crippen LogP contribution is -2.29. The predicted molar refractivity (Wildman–Crippen MR) is 116 cm³/mol. The number of alkyl halides is 3. The molecule has 0 bridgehead atoms. The Hall–Kier alpha value is -2.49. The summed E-state index contributed by atoms with van der Waals surface area (Å²) < 4.78 is 49.2. The third kappa shape index (κ3) is 6.75. The highest BCUT2D eigenvalue weighted by atomic mass is 35.5. The molecule has 10 heteroatoms. The summed E-state index contributed by atoms with van der Waals surface area (Å²) in [7, 11) is 0. The van der Waals surface area contributed by atoms with Crippen LogP contribution in [0.25, 0.3) is 0 Å². The van der Waals surface area contributed by atoms with Gasteiger partial charge in [0.15, 0.2) is 6.61 Å². The maximum atomic E-state index is 12.7. The minimum absolute atomic E-state index is 0.00583. The highest BCUT2D eigenvalue weighted by Crippen LogP contribution is 2.34. The van der Waals surface area contributed by atoms with Crippen LogP contribution >= 0.6 is 11.6 Å². The molecule has 174 valence electrons. The van der Waals surface area contributed by atoms with Crippen molar-refractivity contribution < 1.29 is 27.4 Å². The number of aryl methyl sites for hydroxylation is 1. The number of amides is 1. The lowest BCUT2D eigenvalue weighted by molar-refractivity contribution is -0.137. The van der Waals surface area contributed by atoms with Crippen LogP contribution in [0.15, 0.2) is 36.4 Å². The largest absolute Gasteiger partial charge is 0.492 e. The molecule has 1 fully saturated rings. The molecule has 3 N–H and O–H groups in total. The second-order valence-electron chi connectivity index (χ2n) is 7.66. The Bertz CT molecular complexity index is 956. The van der Waals surface area contributed by atoms with Gasteiger partial charge in [-0.3, -0.25) is 9.69 Å². The smallest absolute Gasteiger partial charge is 0.416 e. The zero-order valence-electron chi connectivity index (χ0n) is 17.5. The molecule has 2 aromatic rings. The highest BCUT2D eigenvalue weighted by Gasteiger charge is 2.31. The Morgan fingerprint density at radius 3 is 2.59 bits per heavy atom. The van der Waals surface area contributed by atoms with Crippen LogP contribution in [0.3, 0.4) is 0 Å². The van der Waals surface area contributed by atoms with Crippen molar-refractivity contribution in [2.75, 3.05) is 38.2 Å². The summed E-state index contributed by atoms with van der Waals surface area (Å²) >= 11 is 5.83. The topological polar surface area (TPSA) is 76.8 Å². The van der Waals surface area contributed by atoms with Crippen LogP contribution < -0.4 is 20.5 Å². The number of hydrogen-bond donors (Lipinski definition) is 2. The molecule has 2 aromatic carbocycles. The zero-order chi connectivity index (χ0) is 23.3. The number of halogens is 4. The standard InChI is InChI=1S/C22H25ClF3N3O3/c1-14-10-17(3-5-19(14)31-9-8-29-7-6-16(27)12-29)28-21(30)13-32-20-4-2-15(11-18(20)23)22(24,25)26/h2-5,10-11,16H,6-9,12-13,27H2,1H3,(H,28,30). The summed E-state index contributed by atoms with van der Waals surface area (Å²) in [5.41, 5.74) is 6.41. The molecule has 1 amide bonds. The van der Waals surface area contributed by atoms with E-state index in [9.17, 15) is 18.0 Å². The van der Waals surface area contributed by atoms with Crippen molar-refractivity contribution in [3.63, 3.8) is 0 Å². The maximum absolute atomic E-state index is 12.7. The zero-order valence-corrected chi connectivity index (χ0v) is 18.3. The molecular weight excluding hydrogens is 447 g/mol. The SMILES string of the molecule is Cc1cc(NC(=O)COc2ccc(C(F)(F)F)cc2Cl)ccc1OCCN1CCC(N)C1. The van der Waals surface area contributed by atoms with Crippen molar-refractivity contribution in [2.45, 2.75) is 25.6 Å². The molecule has 0 aromatic heterocycles. The number of nitrogens with one attached hydrogen (secondary N) is 1. The molecule has 0 spiro atoms. The second-order valence-corrected chi connectivity index (χ2v) is 8.07. The normalized spacial score (nSPS) is 16.8. The number of ether oxygens (including phenoxy) is 2. The van der Waals surface area contributed by atoms with Crippen LogP contribution in [-0.2, 0) is 11.0 Å². The van der Waals surface area contributed by atoms with Gasteiger partial charge in [0.2, 0.25) is 0 Å². The van der Waals surface area contributed by atoms with Crippen molar-refractivity contribution in [2.24, 2.45) is 5.73 Å². The minimum Gasteiger partial charge on any atom is -0.492 e. The van der Waals surface area contributed by atoms with Crippen molar-refractivity contribution in [1.29, 1.82) is 0 Å². The summed E-state index contributed by atoms with van der Waals surface area (Å²) in [4.78, 5) is 14.4. The van der Waals surface area contributed by atoms with E-state index in [1.54, 1.807) is 18.2 Å². The molecule has 0 saturated carbocycles. The third-order valence-electron chi connectivity index (χ3n) is 5.05. The van der Waals surface area contributed by atoms with Crippen LogP contribution in [0, 0.1) is 6.92 Å². The van der Waals surface area contributed by atoms with E-state index in [0.29, 0.717) is 12.3 Å². The van der Waals surface area contributed by atoms with Crippen LogP contribution in [-0.4, -0.2) is 49.7 Å². The average molecular weight is 472 g/mol. The molecule has 1 aliphatic rings. The Labute approximate surface area is 189 Å². The summed E-state index contributed by atoms with van der Waals surface area (Å²) in [5.74, 6) is 0.243. The number of nitrogens with two attached hydrogens (primary N) is 1. The van der Waals surface area contributed by atoms with Crippen LogP contribution in [0.1, 0.15) is 17.5 Å². The highest BCUT2D eigenvalue weighted by molar-refractivity contribution is 6.32. The lowest BCUT2D eigenvalue weighted by atomic mass is 10.2. The number of nitrogens with zero attached hydrogens (tertiary/aromatic N) is 1. The number of hydrogen-bond acceptors (Lipinski definition) is 5. The number of carbonyl (C=O) groups is 1. The number of rotatable bonds is 8. The molecule has 1 heterocycles. The van der Waals surface area contributed by atoms with E-state index in [1.165, 1.54) is 0 Å². The molecule has 3 rings (SSSR count). The second kappa shape index (κ2) is 10.4. The van der Waals surface area contributed by atoms with Crippen LogP contribution in [0.2, 0.25) is 5.02 Å². The fraction of sp³-hybridized carbons (Fsp3) is 0.409. The molecule has 32 heavy (non-hydrogen) atoms. The van der Waals surface area contributed by atoms with Gasteiger partial charge in [0, 0.05) is 24.8 Å². The van der Waals surface area contributed by atoms with E-state index < -0.39 is 24.3 Å². The van der Waals surface area contributed by atoms with Gasteiger partial charge in [-0.2, -0.15) is 13.2 Å². The Balaban J connectivity index is 1.47. The molecule has 0 radical (unpaired) electrons. The molecular formula is C22H25ClF3N3O3. The van der Waals surface area contributed by atoms with E-state index in [2.05, 4.69) is 10.2 Å². The van der Waals surface area contributed by atoms with Crippen LogP contribution in [0.4, 0.5) is 18.9 Å². The Kier molecular flexibility index (Phi) is 7.86. The van der Waals surface area contributed by atoms with Gasteiger partial charge in [-0.25, -0.2) is 0 Å². The fourth-order valence-electron chi connectivity index (χ4n) is 3.37. The van der Waals surface area contributed by atoms with Gasteiger partial charge in [-0.05, 0) is 61.9 Å². The van der Waals surface area contributed by atoms with Crippen molar-refractivity contribution in [1.82, 2.24) is 4.90 Å². The number of anilines is 1. The molecule has 1 unspecified atom stereocenters. The van der Waals surface area contributed by atoms with Gasteiger partial charge >= 0.3 is 6.18 Å². The van der Waals surface area contributed by atoms with Crippen molar-refractivity contribution in [3.05, 3.63) is 52.5 Å². The summed E-state index contributed by atoms with van der Waals surface area (Å²) in [6.07, 6.45) is -3.50. The van der Waals surface area contributed by atoms with Gasteiger partial charge in [-0.1, -0.05) is 11.6 Å². The third-order valence-corrected chi connectivity index (χ3v) is 5.35. The monoisotopic (exact) mass is 471 g/mol. The van der Waals surface area contributed by atoms with Crippen LogP contribution in [0.5, 0.6) is 11.5 Å². The summed E-state index contributed by atoms with van der Waals surface area (Å²) in [5, 5.41) is 2.45. The van der Waals surface area contributed by atoms with Crippen molar-refractivity contribution in [3.8, 4) is 11.5 Å². The number of carbonyl (C=O) groups excluding carboxylic acids is 1. The van der Waals surface area contributed by atoms with Gasteiger partial charge in [0.05, 0.1) is 10.6 Å². The first-order valence-electron chi connectivity index (χ1n) is 10.1. The van der Waals surface area contributed by atoms with E-state index in [-0.39, 0.29) is 16.8 Å². The Morgan fingerprint density at radius 1 is 1.22 bits per heavy atom. The first-order chi connectivity index (χ1) is 15.1. The molecule has 6 nitrogen and oxygen atoms in total. The fourth-order valence-corrected chi connectivity index (χ4v) is 3.61. The van der Waals surface area contributed by atoms with Gasteiger partial charge in [-0.15, -0.1) is 0 Å². The minimum atomic E-state index is -4.50. The summed E-state index contributed by atoms with van der Waals surface area (Å²) in [6, 6.07) is 8.17. The maximum Gasteiger partial charge on any atom is 0.416 e. The van der Waals surface area contributed by atoms with E-state index in [0.717, 1.165) is 55.6 Å². The van der Waals surface area contributed by atoms with Gasteiger partial charge in [0.25, 0.3) is 5.91 Å². The molecule has 0 aliphatic carbocycles. The number of benzene rings is 2. The quantitative estimate of drug-likeness (QED) is 0.606. The van der Waals surface area contributed by atoms with Gasteiger partial charge in [0.1, 0.15) is 18.1 Å². The Morgan fingerprint density at radius 2 is 1.97 bits per heavy atom. The lowest BCUT2D eigenvalue weighted by Gasteiger charge is -2.17. The first-order valence-corrected chi connectivity index (χ1v) is 10.5. The first kappa shape index (κ1) is 24.2. The summed E-state index contributed by atoms with van der Waals surface area (Å²) in [6.45, 7) is 4.67. The van der Waals surface area contributed by atoms with Gasteiger partial charge < -0.3 is 20.5 Å². The molecule has 1 saturated heterocycles. The predicted octanol–water partition coefficient (Wildman–Crippen LogP) is 4.10.